The number of piperidine rings is 1. The summed E-state index contributed by atoms with van der Waals surface area (Å²) in [6.45, 7) is 2.56. The van der Waals surface area contributed by atoms with Gasteiger partial charge in [-0.1, -0.05) is 18.2 Å². The van der Waals surface area contributed by atoms with Gasteiger partial charge in [-0.25, -0.2) is 4.98 Å². The summed E-state index contributed by atoms with van der Waals surface area (Å²) in [5.74, 6) is 0.689. The highest BCUT2D eigenvalue weighted by Gasteiger charge is 2.37. The molecule has 1 aromatic carbocycles. The lowest BCUT2D eigenvalue weighted by Crippen LogP contribution is -2.43. The lowest BCUT2D eigenvalue weighted by molar-refractivity contribution is -0.137. The maximum Gasteiger partial charge on any atom is 0.416 e. The summed E-state index contributed by atoms with van der Waals surface area (Å²) < 4.78 is 38.8. The van der Waals surface area contributed by atoms with Gasteiger partial charge in [0.2, 0.25) is 0 Å². The summed E-state index contributed by atoms with van der Waals surface area (Å²) in [5.41, 5.74) is -1.20. The van der Waals surface area contributed by atoms with E-state index in [-0.39, 0.29) is 5.56 Å². The number of benzene rings is 1. The molecular formula is C19H21F3N2O2. The van der Waals surface area contributed by atoms with Gasteiger partial charge in [-0.05, 0) is 49.6 Å². The van der Waals surface area contributed by atoms with Crippen LogP contribution in [-0.4, -0.2) is 28.3 Å². The van der Waals surface area contributed by atoms with E-state index >= 15 is 0 Å². The van der Waals surface area contributed by atoms with E-state index in [4.69, 9.17) is 0 Å². The molecule has 1 aliphatic rings. The van der Waals surface area contributed by atoms with Gasteiger partial charge in [0.05, 0.1) is 23.0 Å². The van der Waals surface area contributed by atoms with E-state index in [1.165, 1.54) is 12.1 Å². The number of halogens is 3. The molecule has 140 valence electrons. The second-order valence-electron chi connectivity index (χ2n) is 6.69. The van der Waals surface area contributed by atoms with Crippen molar-refractivity contribution in [2.24, 2.45) is 0 Å². The van der Waals surface area contributed by atoms with Gasteiger partial charge in [-0.2, -0.15) is 13.2 Å². The number of pyridine rings is 1. The minimum absolute atomic E-state index is 0.290. The van der Waals surface area contributed by atoms with Crippen molar-refractivity contribution in [2.45, 2.75) is 37.6 Å². The van der Waals surface area contributed by atoms with E-state index in [0.717, 1.165) is 12.1 Å². The fourth-order valence-corrected chi connectivity index (χ4v) is 3.23. The van der Waals surface area contributed by atoms with Gasteiger partial charge < -0.3 is 15.1 Å². The van der Waals surface area contributed by atoms with Gasteiger partial charge in [0.15, 0.2) is 0 Å². The third-order valence-corrected chi connectivity index (χ3v) is 4.83. The van der Waals surface area contributed by atoms with Gasteiger partial charge in [-0.15, -0.1) is 0 Å². The lowest BCUT2D eigenvalue weighted by atomic mass is 9.83. The molecule has 26 heavy (non-hydrogen) atoms. The van der Waals surface area contributed by atoms with Crippen molar-refractivity contribution >= 4 is 5.82 Å². The minimum atomic E-state index is -4.43. The van der Waals surface area contributed by atoms with Crippen LogP contribution in [0.25, 0.3) is 0 Å². The molecule has 2 heterocycles. The topological polar surface area (TPSA) is 56.6 Å². The zero-order chi connectivity index (χ0) is 18.9. The van der Waals surface area contributed by atoms with Crippen LogP contribution in [0.3, 0.4) is 0 Å². The summed E-state index contributed by atoms with van der Waals surface area (Å²) in [6.07, 6.45) is -4.51. The van der Waals surface area contributed by atoms with Gasteiger partial charge in [0, 0.05) is 13.1 Å². The molecule has 2 aromatic rings. The Kier molecular flexibility index (Phi) is 4.94. The number of hydrogen-bond donors (Lipinski definition) is 2. The fraction of sp³-hybridized carbons (Fsp3) is 0.421. The third-order valence-electron chi connectivity index (χ3n) is 4.83. The van der Waals surface area contributed by atoms with Crippen molar-refractivity contribution in [2.75, 3.05) is 18.0 Å². The Morgan fingerprint density at radius 3 is 2.38 bits per heavy atom. The van der Waals surface area contributed by atoms with Crippen molar-refractivity contribution < 1.29 is 23.4 Å². The van der Waals surface area contributed by atoms with Crippen LogP contribution in [-0.2, 0) is 11.8 Å². The second-order valence-corrected chi connectivity index (χ2v) is 6.69. The molecule has 4 nitrogen and oxygen atoms in total. The Balaban J connectivity index is 1.76. The molecule has 0 saturated carbocycles. The molecule has 1 atom stereocenters. The van der Waals surface area contributed by atoms with Crippen LogP contribution < -0.4 is 4.90 Å². The number of anilines is 1. The van der Waals surface area contributed by atoms with Crippen molar-refractivity contribution in [1.82, 2.24) is 4.98 Å². The predicted octanol–water partition coefficient (Wildman–Crippen LogP) is 3.64. The number of rotatable bonds is 3. The van der Waals surface area contributed by atoms with E-state index in [1.807, 2.05) is 11.0 Å². The van der Waals surface area contributed by atoms with Gasteiger partial charge in [-0.3, -0.25) is 0 Å². The first kappa shape index (κ1) is 18.7. The first-order valence-corrected chi connectivity index (χ1v) is 8.49. The van der Waals surface area contributed by atoms with Crippen LogP contribution in [0.1, 0.15) is 42.7 Å². The molecule has 0 spiro atoms. The predicted molar refractivity (Wildman–Crippen MR) is 91.7 cm³/mol. The molecular weight excluding hydrogens is 345 g/mol. The standard InChI is InChI=1S/C19H21F3N2O2/c1-13(25)16-6-3-7-17(23-16)24-10-8-18(26,9-11-24)14-4-2-5-15(12-14)19(20,21)22/h2-7,12-13,25-26H,8-11H2,1H3. The number of nitrogens with zero attached hydrogens (tertiary/aromatic N) is 2. The Hall–Kier alpha value is -2.12. The zero-order valence-corrected chi connectivity index (χ0v) is 14.4. The van der Waals surface area contributed by atoms with Gasteiger partial charge >= 0.3 is 6.18 Å². The van der Waals surface area contributed by atoms with Crippen molar-refractivity contribution in [3.63, 3.8) is 0 Å². The Bertz CT molecular complexity index is 769. The lowest BCUT2D eigenvalue weighted by Gasteiger charge is -2.39. The highest BCUT2D eigenvalue weighted by atomic mass is 19.4. The molecule has 1 saturated heterocycles. The van der Waals surface area contributed by atoms with E-state index in [1.54, 1.807) is 19.1 Å². The van der Waals surface area contributed by atoms with Crippen LogP contribution in [0.2, 0.25) is 0 Å². The summed E-state index contributed by atoms with van der Waals surface area (Å²) in [5, 5.41) is 20.5. The van der Waals surface area contributed by atoms with Gasteiger partial charge in [0.25, 0.3) is 0 Å². The van der Waals surface area contributed by atoms with E-state index in [0.29, 0.717) is 37.4 Å². The van der Waals surface area contributed by atoms with E-state index < -0.39 is 23.4 Å². The molecule has 0 bridgehead atoms. The summed E-state index contributed by atoms with van der Waals surface area (Å²) in [6, 6.07) is 10.3. The molecule has 1 aliphatic heterocycles. The number of aromatic nitrogens is 1. The number of aliphatic hydroxyl groups is 2. The smallest absolute Gasteiger partial charge is 0.387 e. The summed E-state index contributed by atoms with van der Waals surface area (Å²) in [4.78, 5) is 6.37. The van der Waals surface area contributed by atoms with Crippen molar-refractivity contribution in [1.29, 1.82) is 0 Å². The quantitative estimate of drug-likeness (QED) is 0.871. The first-order chi connectivity index (χ1) is 12.2. The van der Waals surface area contributed by atoms with Crippen molar-refractivity contribution in [3.05, 3.63) is 59.3 Å². The molecule has 0 aliphatic carbocycles. The Morgan fingerprint density at radius 1 is 1.12 bits per heavy atom. The first-order valence-electron chi connectivity index (χ1n) is 8.49. The largest absolute Gasteiger partial charge is 0.416 e. The average molecular weight is 366 g/mol. The van der Waals surface area contributed by atoms with Crippen LogP contribution in [0.5, 0.6) is 0 Å². The van der Waals surface area contributed by atoms with Crippen LogP contribution in [0.15, 0.2) is 42.5 Å². The van der Waals surface area contributed by atoms with Crippen molar-refractivity contribution in [3.8, 4) is 0 Å². The zero-order valence-electron chi connectivity index (χ0n) is 14.4. The Morgan fingerprint density at radius 2 is 1.77 bits per heavy atom. The van der Waals surface area contributed by atoms with Gasteiger partial charge in [0.1, 0.15) is 5.82 Å². The Labute approximate surface area is 149 Å². The molecule has 3 rings (SSSR count). The molecule has 0 radical (unpaired) electrons. The SMILES string of the molecule is CC(O)c1cccc(N2CCC(O)(c3cccc(C(F)(F)F)c3)CC2)n1. The van der Waals surface area contributed by atoms with Crippen LogP contribution >= 0.6 is 0 Å². The highest BCUT2D eigenvalue weighted by molar-refractivity contribution is 5.41. The molecule has 0 amide bonds. The van der Waals surface area contributed by atoms with Crippen LogP contribution in [0, 0.1) is 0 Å². The monoisotopic (exact) mass is 366 g/mol. The van der Waals surface area contributed by atoms with E-state index in [9.17, 15) is 23.4 Å². The third kappa shape index (κ3) is 3.83. The molecule has 1 aromatic heterocycles. The molecule has 1 fully saturated rings. The molecule has 1 unspecified atom stereocenters. The number of aliphatic hydroxyl groups excluding tert-OH is 1. The highest BCUT2D eigenvalue weighted by Crippen LogP contribution is 2.37. The number of hydrogen-bond acceptors (Lipinski definition) is 4. The van der Waals surface area contributed by atoms with E-state index in [2.05, 4.69) is 4.98 Å². The van der Waals surface area contributed by atoms with Crippen LogP contribution in [0.4, 0.5) is 19.0 Å². The molecule has 2 N–H and O–H groups in total. The fourth-order valence-electron chi connectivity index (χ4n) is 3.23. The average Bonchev–Trinajstić information content (AvgIpc) is 2.62. The normalized spacial score (nSPS) is 18.6. The second kappa shape index (κ2) is 6.89. The minimum Gasteiger partial charge on any atom is -0.387 e. The molecule has 7 heteroatoms. The maximum absolute atomic E-state index is 12.9. The maximum atomic E-state index is 12.9. The number of alkyl halides is 3. The summed E-state index contributed by atoms with van der Waals surface area (Å²) in [7, 11) is 0. The summed E-state index contributed by atoms with van der Waals surface area (Å²) >= 11 is 0.